The third-order valence-electron chi connectivity index (χ3n) is 4.17. The van der Waals surface area contributed by atoms with Gasteiger partial charge in [0.15, 0.2) is 0 Å². The van der Waals surface area contributed by atoms with Crippen molar-refractivity contribution in [2.24, 2.45) is 0 Å². The fraction of sp³-hybridized carbons (Fsp3) is 0.0909. The van der Waals surface area contributed by atoms with Gasteiger partial charge in [-0.2, -0.15) is 0 Å². The molecule has 3 aromatic rings. The van der Waals surface area contributed by atoms with E-state index in [-0.39, 0.29) is 17.7 Å². The minimum atomic E-state index is -0.0283. The summed E-state index contributed by atoms with van der Waals surface area (Å²) in [5.41, 5.74) is 3.05. The number of benzene rings is 3. The van der Waals surface area contributed by atoms with Crippen LogP contribution in [0.3, 0.4) is 0 Å². The summed E-state index contributed by atoms with van der Waals surface area (Å²) in [6, 6.07) is 27.8. The summed E-state index contributed by atoms with van der Waals surface area (Å²) in [6.45, 7) is 4.05. The zero-order valence-electron chi connectivity index (χ0n) is 13.5. The summed E-state index contributed by atoms with van der Waals surface area (Å²) in [6.07, 6.45) is 1.96. The van der Waals surface area contributed by atoms with E-state index in [1.165, 1.54) is 5.56 Å². The number of para-hydroxylation sites is 2. The molecule has 0 saturated heterocycles. The molecule has 2 N–H and O–H groups in total. The number of hydrogen-bond acceptors (Lipinski definition) is 2. The summed E-state index contributed by atoms with van der Waals surface area (Å²) in [5.74, 6) is 0.322. The van der Waals surface area contributed by atoms with Gasteiger partial charge in [-0.1, -0.05) is 78.9 Å². The Balaban J connectivity index is 2.02. The molecule has 0 radical (unpaired) electrons. The fourth-order valence-corrected chi connectivity index (χ4v) is 2.94. The maximum Gasteiger partial charge on any atom is 0.138 e. The van der Waals surface area contributed by atoms with Crippen molar-refractivity contribution in [1.82, 2.24) is 0 Å². The van der Waals surface area contributed by atoms with E-state index in [0.717, 1.165) is 5.56 Å². The molecule has 0 amide bonds. The number of rotatable bonds is 6. The first-order valence-corrected chi connectivity index (χ1v) is 8.06. The van der Waals surface area contributed by atoms with Crippen molar-refractivity contribution < 1.29 is 5.11 Å². The monoisotopic (exact) mass is 315 g/mol. The SMILES string of the molecule is C=C[C@@H](c1ccccc1)[C@@H](Nc1ccccc1O)c1ccccc1. The molecular weight excluding hydrogens is 294 g/mol. The van der Waals surface area contributed by atoms with Crippen LogP contribution in [-0.4, -0.2) is 5.11 Å². The molecule has 3 aromatic carbocycles. The minimum absolute atomic E-state index is 0.0283. The molecule has 0 aliphatic heterocycles. The lowest BCUT2D eigenvalue weighted by Crippen LogP contribution is -2.18. The molecule has 0 spiro atoms. The highest BCUT2D eigenvalue weighted by atomic mass is 16.3. The first-order chi connectivity index (χ1) is 11.8. The van der Waals surface area contributed by atoms with Gasteiger partial charge < -0.3 is 10.4 Å². The molecule has 0 aliphatic carbocycles. The summed E-state index contributed by atoms with van der Waals surface area (Å²) in [7, 11) is 0. The third-order valence-corrected chi connectivity index (χ3v) is 4.17. The van der Waals surface area contributed by atoms with Gasteiger partial charge in [-0.15, -0.1) is 6.58 Å². The number of phenols is 1. The zero-order chi connectivity index (χ0) is 16.8. The van der Waals surface area contributed by atoms with Crippen molar-refractivity contribution in [3.63, 3.8) is 0 Å². The van der Waals surface area contributed by atoms with Gasteiger partial charge in [-0.3, -0.25) is 0 Å². The maximum atomic E-state index is 10.1. The van der Waals surface area contributed by atoms with E-state index < -0.39 is 0 Å². The second kappa shape index (κ2) is 7.51. The Morgan fingerprint density at radius 1 is 0.750 bits per heavy atom. The van der Waals surface area contributed by atoms with Gasteiger partial charge in [0.1, 0.15) is 5.75 Å². The zero-order valence-corrected chi connectivity index (χ0v) is 13.5. The van der Waals surface area contributed by atoms with Crippen LogP contribution in [0.15, 0.2) is 97.6 Å². The van der Waals surface area contributed by atoms with Crippen molar-refractivity contribution in [3.8, 4) is 5.75 Å². The Kier molecular flexibility index (Phi) is 4.97. The van der Waals surface area contributed by atoms with Gasteiger partial charge in [0.25, 0.3) is 0 Å². The highest BCUT2D eigenvalue weighted by molar-refractivity contribution is 5.57. The number of hydrogen-bond donors (Lipinski definition) is 2. The number of anilines is 1. The normalized spacial score (nSPS) is 13.0. The van der Waals surface area contributed by atoms with E-state index in [1.54, 1.807) is 6.07 Å². The Morgan fingerprint density at radius 3 is 1.88 bits per heavy atom. The van der Waals surface area contributed by atoms with Crippen molar-refractivity contribution in [2.75, 3.05) is 5.32 Å². The largest absolute Gasteiger partial charge is 0.506 e. The highest BCUT2D eigenvalue weighted by Crippen LogP contribution is 2.36. The molecule has 0 bridgehead atoms. The van der Waals surface area contributed by atoms with E-state index in [0.29, 0.717) is 5.69 Å². The first kappa shape index (κ1) is 15.9. The average molecular weight is 315 g/mol. The molecule has 0 aromatic heterocycles. The van der Waals surface area contributed by atoms with E-state index >= 15 is 0 Å². The summed E-state index contributed by atoms with van der Waals surface area (Å²) < 4.78 is 0. The van der Waals surface area contributed by atoms with E-state index in [4.69, 9.17) is 0 Å². The van der Waals surface area contributed by atoms with Crippen LogP contribution in [0.4, 0.5) is 5.69 Å². The molecule has 0 saturated carbocycles. The molecule has 24 heavy (non-hydrogen) atoms. The standard InChI is InChI=1S/C22H21NO/c1-2-19(17-11-5-3-6-12-17)22(18-13-7-4-8-14-18)23-20-15-9-10-16-21(20)24/h2-16,19,22-24H,1H2/t19-,22-/m0/s1. The summed E-state index contributed by atoms with van der Waals surface area (Å²) >= 11 is 0. The van der Waals surface area contributed by atoms with E-state index in [9.17, 15) is 5.11 Å². The molecule has 0 fully saturated rings. The van der Waals surface area contributed by atoms with Crippen molar-refractivity contribution in [2.45, 2.75) is 12.0 Å². The average Bonchev–Trinajstić information content (AvgIpc) is 2.65. The van der Waals surface area contributed by atoms with Crippen LogP contribution in [-0.2, 0) is 0 Å². The Morgan fingerprint density at radius 2 is 1.29 bits per heavy atom. The molecule has 0 unspecified atom stereocenters. The van der Waals surface area contributed by atoms with Crippen LogP contribution in [0.1, 0.15) is 23.1 Å². The Bertz CT molecular complexity index is 783. The van der Waals surface area contributed by atoms with Crippen LogP contribution in [0.25, 0.3) is 0 Å². The number of phenolic OH excluding ortho intramolecular Hbond substituents is 1. The Labute approximate surface area is 143 Å². The third kappa shape index (κ3) is 3.49. The predicted molar refractivity (Wildman–Crippen MR) is 100 cm³/mol. The molecule has 0 aliphatic rings. The van der Waals surface area contributed by atoms with Crippen LogP contribution in [0.5, 0.6) is 5.75 Å². The van der Waals surface area contributed by atoms with E-state index in [2.05, 4.69) is 36.2 Å². The lowest BCUT2D eigenvalue weighted by atomic mass is 9.87. The Hall–Kier alpha value is -3.00. The molecule has 120 valence electrons. The van der Waals surface area contributed by atoms with Gasteiger partial charge in [0.2, 0.25) is 0 Å². The molecule has 2 heteroatoms. The second-order valence-corrected chi connectivity index (χ2v) is 5.72. The molecule has 3 rings (SSSR count). The second-order valence-electron chi connectivity index (χ2n) is 5.72. The maximum absolute atomic E-state index is 10.1. The van der Waals surface area contributed by atoms with Crippen molar-refractivity contribution >= 4 is 5.69 Å². The van der Waals surface area contributed by atoms with Crippen molar-refractivity contribution in [1.29, 1.82) is 0 Å². The number of aromatic hydroxyl groups is 1. The van der Waals surface area contributed by atoms with E-state index in [1.807, 2.05) is 60.7 Å². The number of nitrogens with one attached hydrogen (secondary N) is 1. The molecule has 0 heterocycles. The van der Waals surface area contributed by atoms with Crippen molar-refractivity contribution in [3.05, 3.63) is 109 Å². The lowest BCUT2D eigenvalue weighted by molar-refractivity contribution is 0.476. The van der Waals surface area contributed by atoms with Gasteiger partial charge in [-0.25, -0.2) is 0 Å². The van der Waals surface area contributed by atoms with Crippen LogP contribution >= 0.6 is 0 Å². The lowest BCUT2D eigenvalue weighted by Gasteiger charge is -2.28. The topological polar surface area (TPSA) is 32.3 Å². The van der Waals surface area contributed by atoms with Crippen LogP contribution in [0.2, 0.25) is 0 Å². The predicted octanol–water partition coefficient (Wildman–Crippen LogP) is 5.52. The smallest absolute Gasteiger partial charge is 0.138 e. The molecule has 2 nitrogen and oxygen atoms in total. The molecule has 2 atom stereocenters. The summed E-state index contributed by atoms with van der Waals surface area (Å²) in [4.78, 5) is 0. The van der Waals surface area contributed by atoms with Gasteiger partial charge in [0, 0.05) is 5.92 Å². The highest BCUT2D eigenvalue weighted by Gasteiger charge is 2.23. The van der Waals surface area contributed by atoms with Crippen LogP contribution in [0, 0.1) is 0 Å². The van der Waals surface area contributed by atoms with Gasteiger partial charge in [-0.05, 0) is 23.3 Å². The summed E-state index contributed by atoms with van der Waals surface area (Å²) in [5, 5.41) is 13.6. The fourth-order valence-electron chi connectivity index (χ4n) is 2.94. The van der Waals surface area contributed by atoms with Gasteiger partial charge in [0.05, 0.1) is 11.7 Å². The first-order valence-electron chi connectivity index (χ1n) is 8.06. The molecular formula is C22H21NO. The minimum Gasteiger partial charge on any atom is -0.506 e. The quantitative estimate of drug-likeness (QED) is 0.464. The van der Waals surface area contributed by atoms with Gasteiger partial charge >= 0.3 is 0 Å². The van der Waals surface area contributed by atoms with Crippen LogP contribution < -0.4 is 5.32 Å².